The average Bonchev–Trinajstić information content (AvgIpc) is 3.18. The molecule has 0 radical (unpaired) electrons. The zero-order valence-electron chi connectivity index (χ0n) is 11.9. The minimum atomic E-state index is -0.259. The second-order valence-corrected chi connectivity index (χ2v) is 5.48. The molecule has 0 aliphatic carbocycles. The minimum Gasteiger partial charge on any atom is -0.454 e. The number of benzene rings is 2. The first-order chi connectivity index (χ1) is 11.2. The number of hydrogen-bond acceptors (Lipinski definition) is 4. The number of halogens is 1. The first kappa shape index (κ1) is 13.9. The molecule has 1 aromatic heterocycles. The molecule has 0 saturated heterocycles. The van der Waals surface area contributed by atoms with Crippen molar-refractivity contribution < 1.29 is 14.3 Å². The molecule has 1 amide bonds. The molecule has 2 N–H and O–H groups in total. The van der Waals surface area contributed by atoms with Crippen molar-refractivity contribution in [3.05, 3.63) is 52.8 Å². The lowest BCUT2D eigenvalue weighted by Crippen LogP contribution is -2.23. The van der Waals surface area contributed by atoms with Gasteiger partial charge in [-0.3, -0.25) is 4.79 Å². The molecule has 4 rings (SSSR count). The summed E-state index contributed by atoms with van der Waals surface area (Å²) >= 11 is 6.09. The predicted octanol–water partition coefficient (Wildman–Crippen LogP) is 2.88. The fourth-order valence-corrected chi connectivity index (χ4v) is 2.72. The first-order valence-electron chi connectivity index (χ1n) is 7.02. The Labute approximate surface area is 136 Å². The maximum absolute atomic E-state index is 12.3. The molecule has 0 spiro atoms. The van der Waals surface area contributed by atoms with Gasteiger partial charge < -0.3 is 19.8 Å². The van der Waals surface area contributed by atoms with Crippen molar-refractivity contribution in [1.82, 2.24) is 15.3 Å². The zero-order chi connectivity index (χ0) is 15.8. The van der Waals surface area contributed by atoms with Crippen LogP contribution in [0, 0.1) is 0 Å². The van der Waals surface area contributed by atoms with Gasteiger partial charge in [0.05, 0.1) is 22.6 Å². The summed E-state index contributed by atoms with van der Waals surface area (Å²) in [5, 5.41) is 3.16. The smallest absolute Gasteiger partial charge is 0.251 e. The summed E-state index contributed by atoms with van der Waals surface area (Å²) in [7, 11) is 0. The lowest BCUT2D eigenvalue weighted by Gasteiger charge is -2.06. The largest absolute Gasteiger partial charge is 0.454 e. The van der Waals surface area contributed by atoms with E-state index in [1.54, 1.807) is 12.1 Å². The van der Waals surface area contributed by atoms with E-state index in [0.717, 1.165) is 11.0 Å². The Morgan fingerprint density at radius 3 is 3.04 bits per heavy atom. The molecule has 7 heteroatoms. The van der Waals surface area contributed by atoms with Gasteiger partial charge in [0.1, 0.15) is 5.82 Å². The van der Waals surface area contributed by atoms with Crippen molar-refractivity contribution in [2.45, 2.75) is 6.54 Å². The molecule has 0 bridgehead atoms. The molecule has 0 atom stereocenters. The highest BCUT2D eigenvalue weighted by Crippen LogP contribution is 2.39. The average molecular weight is 330 g/mol. The molecule has 0 unspecified atom stereocenters. The van der Waals surface area contributed by atoms with E-state index in [4.69, 9.17) is 21.1 Å². The molecule has 116 valence electrons. The van der Waals surface area contributed by atoms with Crippen LogP contribution in [0.5, 0.6) is 11.5 Å². The number of nitrogens with zero attached hydrogens (tertiary/aromatic N) is 1. The second kappa shape index (κ2) is 5.48. The molecule has 3 aromatic rings. The molecular weight excluding hydrogens is 318 g/mol. The van der Waals surface area contributed by atoms with Crippen LogP contribution >= 0.6 is 11.6 Å². The van der Waals surface area contributed by atoms with Crippen molar-refractivity contribution in [2.75, 3.05) is 6.79 Å². The Bertz CT molecular complexity index is 874. The molecule has 2 aromatic carbocycles. The third kappa shape index (κ3) is 2.57. The highest BCUT2D eigenvalue weighted by atomic mass is 35.5. The SMILES string of the molecule is O=C(NCc1nc2ccccc2[nH]1)c1cc(Cl)c2c(c1)OCO2. The van der Waals surface area contributed by atoms with Gasteiger partial charge in [-0.15, -0.1) is 0 Å². The van der Waals surface area contributed by atoms with Gasteiger partial charge in [0.25, 0.3) is 5.91 Å². The second-order valence-electron chi connectivity index (χ2n) is 5.08. The van der Waals surface area contributed by atoms with E-state index in [1.807, 2.05) is 24.3 Å². The Morgan fingerprint density at radius 2 is 2.17 bits per heavy atom. The van der Waals surface area contributed by atoms with Crippen molar-refractivity contribution in [3.63, 3.8) is 0 Å². The van der Waals surface area contributed by atoms with Crippen LogP contribution in [-0.2, 0) is 6.54 Å². The predicted molar refractivity (Wildman–Crippen MR) is 84.8 cm³/mol. The third-order valence-corrected chi connectivity index (χ3v) is 3.82. The number of amides is 1. The Kier molecular flexibility index (Phi) is 3.31. The summed E-state index contributed by atoms with van der Waals surface area (Å²) in [6, 6.07) is 10.9. The van der Waals surface area contributed by atoms with Gasteiger partial charge in [0, 0.05) is 5.56 Å². The van der Waals surface area contributed by atoms with Crippen LogP contribution in [0.1, 0.15) is 16.2 Å². The van der Waals surface area contributed by atoms with Gasteiger partial charge in [0.2, 0.25) is 6.79 Å². The fourth-order valence-electron chi connectivity index (χ4n) is 2.45. The van der Waals surface area contributed by atoms with E-state index in [0.29, 0.717) is 34.5 Å². The fraction of sp³-hybridized carbons (Fsp3) is 0.125. The number of fused-ring (bicyclic) bond motifs is 2. The normalized spacial score (nSPS) is 12.6. The van der Waals surface area contributed by atoms with E-state index in [2.05, 4.69) is 15.3 Å². The highest BCUT2D eigenvalue weighted by molar-refractivity contribution is 6.32. The number of rotatable bonds is 3. The highest BCUT2D eigenvalue weighted by Gasteiger charge is 2.20. The summed E-state index contributed by atoms with van der Waals surface area (Å²) in [4.78, 5) is 19.8. The van der Waals surface area contributed by atoms with Crippen LogP contribution in [0.2, 0.25) is 5.02 Å². The zero-order valence-corrected chi connectivity index (χ0v) is 12.7. The number of carbonyl (C=O) groups is 1. The molecular formula is C16H12ClN3O3. The lowest BCUT2D eigenvalue weighted by atomic mass is 10.2. The summed E-state index contributed by atoms with van der Waals surface area (Å²) in [6.45, 7) is 0.401. The number of carbonyl (C=O) groups excluding carboxylic acids is 1. The summed E-state index contributed by atoms with van der Waals surface area (Å²) in [6.07, 6.45) is 0. The molecule has 0 fully saturated rings. The monoisotopic (exact) mass is 329 g/mol. The topological polar surface area (TPSA) is 76.2 Å². The summed E-state index contributed by atoms with van der Waals surface area (Å²) in [5.74, 6) is 1.38. The molecule has 2 heterocycles. The van der Waals surface area contributed by atoms with Crippen LogP contribution in [0.25, 0.3) is 11.0 Å². The van der Waals surface area contributed by atoms with Gasteiger partial charge in [-0.1, -0.05) is 23.7 Å². The molecule has 1 aliphatic heterocycles. The molecule has 1 aliphatic rings. The van der Waals surface area contributed by atoms with Crippen molar-refractivity contribution in [3.8, 4) is 11.5 Å². The maximum atomic E-state index is 12.3. The quantitative estimate of drug-likeness (QED) is 0.774. The summed E-state index contributed by atoms with van der Waals surface area (Å²) < 4.78 is 10.5. The van der Waals surface area contributed by atoms with Crippen molar-refractivity contribution >= 4 is 28.5 Å². The number of hydrogen-bond donors (Lipinski definition) is 2. The Hall–Kier alpha value is -2.73. The molecule has 0 saturated carbocycles. The number of H-pyrrole nitrogens is 1. The van der Waals surface area contributed by atoms with Gasteiger partial charge in [-0.25, -0.2) is 4.98 Å². The van der Waals surface area contributed by atoms with Crippen LogP contribution in [0.4, 0.5) is 0 Å². The Morgan fingerprint density at radius 1 is 1.30 bits per heavy atom. The molecule has 6 nitrogen and oxygen atoms in total. The lowest BCUT2D eigenvalue weighted by molar-refractivity contribution is 0.0949. The van der Waals surface area contributed by atoms with Gasteiger partial charge in [0.15, 0.2) is 11.5 Å². The Balaban J connectivity index is 1.51. The first-order valence-corrected chi connectivity index (χ1v) is 7.39. The van der Waals surface area contributed by atoms with E-state index in [9.17, 15) is 4.79 Å². The summed E-state index contributed by atoms with van der Waals surface area (Å²) in [5.41, 5.74) is 2.21. The van der Waals surface area contributed by atoms with Crippen molar-refractivity contribution in [2.24, 2.45) is 0 Å². The van der Waals surface area contributed by atoms with Gasteiger partial charge in [-0.2, -0.15) is 0 Å². The minimum absolute atomic E-state index is 0.110. The van der Waals surface area contributed by atoms with E-state index in [-0.39, 0.29) is 12.7 Å². The number of para-hydroxylation sites is 2. The van der Waals surface area contributed by atoms with E-state index in [1.165, 1.54) is 0 Å². The standard InChI is InChI=1S/C16H12ClN3O3/c17-10-5-9(6-13-15(10)23-8-22-13)16(21)18-7-14-19-11-3-1-2-4-12(11)20-14/h1-6H,7-8H2,(H,18,21)(H,19,20). The number of aromatic nitrogens is 2. The van der Waals surface area contributed by atoms with E-state index < -0.39 is 0 Å². The van der Waals surface area contributed by atoms with Gasteiger partial charge in [-0.05, 0) is 24.3 Å². The number of ether oxygens (including phenoxy) is 2. The van der Waals surface area contributed by atoms with Gasteiger partial charge >= 0.3 is 0 Å². The maximum Gasteiger partial charge on any atom is 0.251 e. The van der Waals surface area contributed by atoms with E-state index >= 15 is 0 Å². The number of nitrogens with one attached hydrogen (secondary N) is 2. The third-order valence-electron chi connectivity index (χ3n) is 3.54. The number of imidazole rings is 1. The van der Waals surface area contributed by atoms with Crippen molar-refractivity contribution in [1.29, 1.82) is 0 Å². The van der Waals surface area contributed by atoms with Crippen LogP contribution in [0.15, 0.2) is 36.4 Å². The van der Waals surface area contributed by atoms with Crippen LogP contribution in [0.3, 0.4) is 0 Å². The molecule has 23 heavy (non-hydrogen) atoms. The number of aromatic amines is 1. The van der Waals surface area contributed by atoms with Crippen LogP contribution in [-0.4, -0.2) is 22.7 Å². The van der Waals surface area contributed by atoms with Crippen LogP contribution < -0.4 is 14.8 Å².